The molecule has 1 aliphatic rings. The van der Waals surface area contributed by atoms with Crippen LogP contribution < -0.4 is 43.1 Å². The van der Waals surface area contributed by atoms with Crippen molar-refractivity contribution >= 4 is 121 Å². The maximum atomic E-state index is 13.0. The Labute approximate surface area is 784 Å². The van der Waals surface area contributed by atoms with Gasteiger partial charge in [-0.15, -0.1) is 23.1 Å². The van der Waals surface area contributed by atoms with Gasteiger partial charge in [0.25, 0.3) is 0 Å². The van der Waals surface area contributed by atoms with E-state index in [-0.39, 0.29) is 132 Å². The fourth-order valence-corrected chi connectivity index (χ4v) is 16.8. The van der Waals surface area contributed by atoms with E-state index in [1.165, 1.54) is 52.8 Å². The van der Waals surface area contributed by atoms with Crippen LogP contribution in [0.3, 0.4) is 0 Å². The molecule has 44 nitrogen and oxygen atoms in total. The molecule has 0 aliphatic carbocycles. The molecule has 28 N–H and O–H groups in total. The number of aliphatic hydroxyl groups excluding tert-OH is 5. The van der Waals surface area contributed by atoms with Crippen molar-refractivity contribution in [2.75, 3.05) is 55.0 Å². The number of hydrogen-bond donors (Lipinski definition) is 23. The zero-order valence-corrected chi connectivity index (χ0v) is 78.9. The molecule has 1 amide bonds. The van der Waals surface area contributed by atoms with E-state index >= 15 is 0 Å². The van der Waals surface area contributed by atoms with E-state index in [1.807, 2.05) is 84.2 Å². The summed E-state index contributed by atoms with van der Waals surface area (Å²) >= 11 is 6.27. The van der Waals surface area contributed by atoms with Crippen molar-refractivity contribution in [3.8, 4) is 28.7 Å². The van der Waals surface area contributed by atoms with Crippen molar-refractivity contribution in [2.45, 2.75) is 151 Å². The Balaban J connectivity index is 0.000000277. The molecule has 10 heterocycles. The van der Waals surface area contributed by atoms with Crippen molar-refractivity contribution in [3.63, 3.8) is 0 Å². The van der Waals surface area contributed by atoms with Gasteiger partial charge in [-0.1, -0.05) is 59.1 Å². The number of nitrogen functional groups attached to an aromatic ring is 4. The van der Waals surface area contributed by atoms with Gasteiger partial charge < -0.3 is 120 Å². The van der Waals surface area contributed by atoms with Crippen LogP contribution in [-0.4, -0.2) is 211 Å². The first kappa shape index (κ1) is 112. The highest BCUT2D eigenvalue weighted by atomic mass is 32.2. The summed E-state index contributed by atoms with van der Waals surface area (Å²) in [6.45, 7) is 14.0. The number of aliphatic hydroxyl groups is 5. The first-order chi connectivity index (χ1) is 63.3. The van der Waals surface area contributed by atoms with Crippen LogP contribution in [0.15, 0.2) is 108 Å². The van der Waals surface area contributed by atoms with Crippen molar-refractivity contribution in [3.05, 3.63) is 235 Å². The first-order valence-electron chi connectivity index (χ1n) is 39.9. The Morgan fingerprint density at radius 2 is 1.04 bits per heavy atom. The highest BCUT2D eigenvalue weighted by Gasteiger charge is 2.36. The number of pyridine rings is 4. The van der Waals surface area contributed by atoms with E-state index in [1.54, 1.807) is 74.5 Å². The lowest BCUT2D eigenvalue weighted by Gasteiger charge is -2.26. The van der Waals surface area contributed by atoms with Gasteiger partial charge in [-0.2, -0.15) is 9.13 Å². The van der Waals surface area contributed by atoms with Gasteiger partial charge in [0.15, 0.2) is 42.8 Å². The Morgan fingerprint density at radius 3 is 1.47 bits per heavy atom. The number of aldehydes is 2. The Morgan fingerprint density at radius 1 is 0.575 bits per heavy atom. The van der Waals surface area contributed by atoms with Crippen LogP contribution in [0.1, 0.15) is 153 Å². The Kier molecular flexibility index (Phi) is 46.0. The number of carbonyl (C=O) groups excluding carboxylic acids is 3. The number of phosphoric ester groups is 2. The number of phenols is 1. The molecule has 3 atom stereocenters. The Hall–Kier alpha value is -12.1. The minimum absolute atomic E-state index is 0.0264. The number of thioether (sulfide) groups is 1. The molecule has 0 bridgehead atoms. The number of benzene rings is 2. The predicted molar refractivity (Wildman–Crippen MR) is 494 cm³/mol. The van der Waals surface area contributed by atoms with Gasteiger partial charge >= 0.3 is 33.6 Å². The van der Waals surface area contributed by atoms with Crippen molar-refractivity contribution in [1.29, 1.82) is 0 Å². The van der Waals surface area contributed by atoms with Crippen molar-refractivity contribution < 1.29 is 142 Å². The van der Waals surface area contributed by atoms with Gasteiger partial charge in [-0.25, -0.2) is 33.9 Å². The molecule has 134 heavy (non-hydrogen) atoms. The number of anilines is 4. The number of carbonyl (C=O) groups is 6. The van der Waals surface area contributed by atoms with Crippen LogP contribution in [0.4, 0.5) is 23.0 Å². The summed E-state index contributed by atoms with van der Waals surface area (Å²) < 4.78 is 33.9. The summed E-state index contributed by atoms with van der Waals surface area (Å²) in [6, 6.07) is 14.1. The second kappa shape index (κ2) is 54.9. The number of aryl methyl sites for hydroxylation is 7. The van der Waals surface area contributed by atoms with E-state index in [0.717, 1.165) is 50.0 Å². The number of thiophene rings is 1. The smallest absolute Gasteiger partial charge is 0.469 e. The number of carboxylic acid groups (broad SMARTS) is 3. The molecule has 724 valence electrons. The number of rotatable bonds is 30. The number of nitrogens with two attached hydrogens (primary N) is 5. The molecule has 1 fully saturated rings. The fraction of sp³-hybridized carbons (Fsp3) is 0.333. The minimum Gasteiger partial charge on any atom is -0.506 e. The summed E-state index contributed by atoms with van der Waals surface area (Å²) in [4.78, 5) is 138. The number of thiazole rings is 2. The quantitative estimate of drug-likeness (QED) is 0.00912. The maximum absolute atomic E-state index is 13.0. The summed E-state index contributed by atoms with van der Waals surface area (Å²) in [7, 11) is -9.03. The van der Waals surface area contributed by atoms with Crippen LogP contribution in [0.5, 0.6) is 28.7 Å². The topological polar surface area (TPSA) is 755 Å². The molecule has 1 aliphatic heterocycles. The molecule has 0 saturated carbocycles. The van der Waals surface area contributed by atoms with E-state index in [9.17, 15) is 68.5 Å². The summed E-state index contributed by atoms with van der Waals surface area (Å²) in [5.41, 5.74) is 40.6. The number of amides is 1. The molecule has 0 spiro atoms. The highest BCUT2D eigenvalue weighted by molar-refractivity contribution is 7.99. The molecule has 2 aromatic carbocycles. The first-order valence-corrected chi connectivity index (χ1v) is 46.6. The van der Waals surface area contributed by atoms with Crippen LogP contribution in [0.2, 0.25) is 0 Å². The van der Waals surface area contributed by atoms with Gasteiger partial charge in [0.2, 0.25) is 16.9 Å². The van der Waals surface area contributed by atoms with Gasteiger partial charge in [0, 0.05) is 128 Å². The van der Waals surface area contributed by atoms with Crippen molar-refractivity contribution in [1.82, 2.24) is 50.1 Å². The molecule has 9 aromatic heterocycles. The maximum Gasteiger partial charge on any atom is 0.469 e. The average Bonchev–Trinajstić information content (AvgIpc) is 1.48. The molecule has 50 heteroatoms. The summed E-state index contributed by atoms with van der Waals surface area (Å²) in [5, 5.41) is 123. The van der Waals surface area contributed by atoms with E-state index in [4.69, 9.17) is 84.0 Å². The molecular formula is C84H109N17O27P2S4+2. The fourth-order valence-electron chi connectivity index (χ4n) is 11.9. The summed E-state index contributed by atoms with van der Waals surface area (Å²) in [6.07, 6.45) is 12.0. The lowest BCUT2D eigenvalue weighted by Crippen LogP contribution is -2.53. The molecular weight excluding hydrogens is 1870 g/mol. The molecule has 0 radical (unpaired) electrons. The van der Waals surface area contributed by atoms with Gasteiger partial charge in [0.05, 0.1) is 123 Å². The number of aliphatic carboxylic acids is 2. The third-order valence-electron chi connectivity index (χ3n) is 19.4. The minimum atomic E-state index is -4.61. The number of nitrogens with zero attached hydrogens (tertiary/aromatic N) is 11. The SMILES string of the molecule is Cc1ncc(CO)c(C=O)c1O.Cc1ncc(CO)c(CN)c1O.Cc1ncc(CO)c(CO)c1O.Cc1ncc(COP(=O)(O)O)c(C=O)c1O.Cc1ncc(C[n+]2csc(CCO)c2C)c(N)n1.Cc1ncc(C[n+]2csc(CCOP(=O)(O)O)c2C)c(N)n1.Nc1cc(C(=O)O)cc(N)c1O.O=C(O)CN1C[C@@H](c2cccs2)SC[C@H](N[C@@H](CCc2ccccc2)C(=O)O)C1=O. The summed E-state index contributed by atoms with van der Waals surface area (Å²) in [5.74, 6) is -1.62. The molecule has 11 aromatic rings. The Bertz CT molecular complexity index is 5780. The number of aromatic carboxylic acids is 1. The second-order valence-electron chi connectivity index (χ2n) is 28.8. The molecule has 12 rings (SSSR count). The lowest BCUT2D eigenvalue weighted by molar-refractivity contribution is -0.689. The van der Waals surface area contributed by atoms with Gasteiger partial charge in [-0.05, 0) is 83.5 Å². The zero-order chi connectivity index (χ0) is 100. The monoisotopic (exact) mass is 1980 g/mol. The second-order valence-corrected chi connectivity index (χ2v) is 35.4. The molecule has 1 saturated heterocycles. The van der Waals surface area contributed by atoms with Gasteiger partial charge in [0.1, 0.15) is 58.9 Å². The number of phenolic OH excluding ortho intramolecular Hbond substituents is 1. The zero-order valence-electron chi connectivity index (χ0n) is 73.8. The van der Waals surface area contributed by atoms with E-state index in [0.29, 0.717) is 125 Å². The van der Waals surface area contributed by atoms with Crippen LogP contribution in [-0.2, 0) is 104 Å². The number of aromatic hydroxyl groups is 5. The normalized spacial score (nSPS) is 12.9. The highest BCUT2D eigenvalue weighted by Crippen LogP contribution is 2.40. The third-order valence-corrected chi connectivity index (χ3v) is 25.1. The van der Waals surface area contributed by atoms with Crippen molar-refractivity contribution in [2.24, 2.45) is 5.73 Å². The predicted octanol–water partition coefficient (Wildman–Crippen LogP) is 5.13. The number of hydrogen-bond acceptors (Lipinski definition) is 38. The number of phosphoric acid groups is 2. The number of aromatic nitrogens is 10. The van der Waals surface area contributed by atoms with Crippen LogP contribution in [0, 0.1) is 55.4 Å². The average molecular weight is 1980 g/mol. The standard InChI is InChI=1S/C21H24N2O5S2.C12H17N4O4PS.C12H17N4OS.C8H12N2O2.C8H10NO6P.C8H11NO3.C8H9NO3.C7H8N2O3/c24-19(25)12-23-11-18(17-7-4-10-29-17)30-13-16(20(23)26)22-15(21(27)28)9-8-14-5-2-1-3-6-14;1-8-11(3-4-20-21(17,18)19)22-7-16(8)6-10-5-14-9(2)15-12(10)13;1-8-11(3-4-17)18-7-16(8)6-10-5-14-9(2)15-12(10)13;1-5-8(12)7(2-9)6(4-11)3-10-5;1-5-8(11)7(3-10)6(2-9-5)4-15-16(12,13)14;2*1-5-8(12)7(4-11)6(3-10)2-9-5;8-4-1-3(7(11)12)2-5(9)6(4)10/h1-7,10,15-16,18,22H,8-9,11-13H2,(H,24,25)(H,27,28);5,7H,3-4,6H2,1-2H3,(H3-,13,14,15,17,18,19);5,7,17H,3-4,6H2,1-2H3,(H2,13,14,15);3,11-12H,2,4,9H2,1H3;2-3,11H,4H2,1H3,(H2,12,13,14);2,10-12H,3-4H2,1H3;2,4,10,12H,3H2,1H3;1-2,10H,8-9H2,(H,11,12)/q;;+1;;;;;/p+1/t15-,16-,18-;;;;;;;/m0......./s1. The lowest BCUT2D eigenvalue weighted by atomic mass is 10.0. The van der Waals surface area contributed by atoms with E-state index in [2.05, 4.69) is 58.8 Å². The third kappa shape index (κ3) is 35.4. The largest absolute Gasteiger partial charge is 0.506 e. The van der Waals surface area contributed by atoms with E-state index < -0.39 is 58.8 Å². The molecule has 0 unspecified atom stereocenters. The number of nitrogens with one attached hydrogen (secondary N) is 1. The number of carboxylic acids is 3. The van der Waals surface area contributed by atoms with Crippen LogP contribution >= 0.6 is 61.4 Å². The van der Waals surface area contributed by atoms with Crippen LogP contribution in [0.25, 0.3) is 0 Å². The van der Waals surface area contributed by atoms with Gasteiger partial charge in [-0.3, -0.25) is 58.3 Å².